The Bertz CT molecular complexity index is 813. The van der Waals surface area contributed by atoms with Crippen molar-refractivity contribution in [2.75, 3.05) is 13.1 Å². The maximum absolute atomic E-state index is 12.5. The van der Waals surface area contributed by atoms with Crippen LogP contribution in [0.1, 0.15) is 47.8 Å². The van der Waals surface area contributed by atoms with Gasteiger partial charge in [-0.15, -0.1) is 6.42 Å². The first-order valence-electron chi connectivity index (χ1n) is 8.57. The van der Waals surface area contributed by atoms with Crippen LogP contribution in [0, 0.1) is 19.3 Å². The standard InChI is InChI=1S/C20H24N4O2/c1-5-11-21-18(25)10-12-22-20(26)17-13-23-24(19(17)14(2)3)16-8-6-15(4)7-9-16/h1,6-9,13-14H,10-12H2,2-4H3,(H,21,25)(H,22,26). The van der Waals surface area contributed by atoms with Gasteiger partial charge in [0.1, 0.15) is 0 Å². The minimum Gasteiger partial charge on any atom is -0.351 e. The molecule has 2 N–H and O–H groups in total. The van der Waals surface area contributed by atoms with Gasteiger partial charge in [0, 0.05) is 13.0 Å². The molecule has 6 heteroatoms. The van der Waals surface area contributed by atoms with E-state index in [0.717, 1.165) is 16.9 Å². The van der Waals surface area contributed by atoms with E-state index in [1.54, 1.807) is 10.9 Å². The van der Waals surface area contributed by atoms with Gasteiger partial charge in [-0.1, -0.05) is 37.5 Å². The van der Waals surface area contributed by atoms with Crippen LogP contribution < -0.4 is 10.6 Å². The van der Waals surface area contributed by atoms with Crippen LogP contribution in [0.5, 0.6) is 0 Å². The molecule has 26 heavy (non-hydrogen) atoms. The number of carbonyl (C=O) groups is 2. The lowest BCUT2D eigenvalue weighted by Gasteiger charge is -2.13. The van der Waals surface area contributed by atoms with Gasteiger partial charge in [0.2, 0.25) is 5.91 Å². The molecule has 2 amide bonds. The lowest BCUT2D eigenvalue weighted by molar-refractivity contribution is -0.120. The largest absolute Gasteiger partial charge is 0.351 e. The van der Waals surface area contributed by atoms with Crippen molar-refractivity contribution in [3.8, 4) is 18.0 Å². The van der Waals surface area contributed by atoms with Crippen LogP contribution in [0.2, 0.25) is 0 Å². The molecule has 0 fully saturated rings. The average Bonchev–Trinajstić information content (AvgIpc) is 3.06. The molecule has 0 saturated heterocycles. The first-order valence-corrected chi connectivity index (χ1v) is 8.57. The topological polar surface area (TPSA) is 76.0 Å². The minimum atomic E-state index is -0.239. The molecule has 1 aromatic heterocycles. The fraction of sp³-hybridized carbons (Fsp3) is 0.350. The number of amides is 2. The van der Waals surface area contributed by atoms with Gasteiger partial charge >= 0.3 is 0 Å². The second-order valence-electron chi connectivity index (χ2n) is 6.33. The van der Waals surface area contributed by atoms with Gasteiger partial charge in [-0.2, -0.15) is 5.10 Å². The number of aromatic nitrogens is 2. The number of hydrogen-bond donors (Lipinski definition) is 2. The van der Waals surface area contributed by atoms with Crippen molar-refractivity contribution in [2.45, 2.75) is 33.1 Å². The SMILES string of the molecule is C#CCNC(=O)CCNC(=O)c1cnn(-c2ccc(C)cc2)c1C(C)C. The third-order valence-electron chi connectivity index (χ3n) is 3.90. The summed E-state index contributed by atoms with van der Waals surface area (Å²) in [4.78, 5) is 24.1. The molecule has 0 bridgehead atoms. The molecule has 136 valence electrons. The number of carbonyl (C=O) groups excluding carboxylic acids is 2. The van der Waals surface area contributed by atoms with Gasteiger partial charge in [-0.25, -0.2) is 4.68 Å². The van der Waals surface area contributed by atoms with E-state index in [0.29, 0.717) is 5.56 Å². The molecule has 0 radical (unpaired) electrons. The molecule has 1 aromatic carbocycles. The summed E-state index contributed by atoms with van der Waals surface area (Å²) >= 11 is 0. The van der Waals surface area contributed by atoms with Crippen LogP contribution in [0.15, 0.2) is 30.5 Å². The Kier molecular flexibility index (Phi) is 6.56. The minimum absolute atomic E-state index is 0.110. The summed E-state index contributed by atoms with van der Waals surface area (Å²) in [7, 11) is 0. The van der Waals surface area contributed by atoms with E-state index in [9.17, 15) is 9.59 Å². The molecule has 0 atom stereocenters. The monoisotopic (exact) mass is 352 g/mol. The predicted molar refractivity (Wildman–Crippen MR) is 101 cm³/mol. The first-order chi connectivity index (χ1) is 12.4. The van der Waals surface area contributed by atoms with E-state index in [4.69, 9.17) is 6.42 Å². The number of hydrogen-bond acceptors (Lipinski definition) is 3. The van der Waals surface area contributed by atoms with Gasteiger partial charge in [0.25, 0.3) is 5.91 Å². The van der Waals surface area contributed by atoms with Crippen LogP contribution in [0.4, 0.5) is 0 Å². The van der Waals surface area contributed by atoms with Crippen molar-refractivity contribution >= 4 is 11.8 Å². The van der Waals surface area contributed by atoms with Crippen molar-refractivity contribution in [3.05, 3.63) is 47.3 Å². The van der Waals surface area contributed by atoms with Crippen molar-refractivity contribution in [2.24, 2.45) is 0 Å². The third-order valence-corrected chi connectivity index (χ3v) is 3.90. The van der Waals surface area contributed by atoms with E-state index in [1.807, 2.05) is 45.0 Å². The highest BCUT2D eigenvalue weighted by atomic mass is 16.2. The van der Waals surface area contributed by atoms with E-state index in [-0.39, 0.29) is 37.2 Å². The summed E-state index contributed by atoms with van der Waals surface area (Å²) in [5.41, 5.74) is 3.42. The number of rotatable bonds is 7. The number of nitrogens with one attached hydrogen (secondary N) is 2. The molecule has 2 aromatic rings. The molecule has 0 unspecified atom stereocenters. The van der Waals surface area contributed by atoms with Gasteiger partial charge in [0.15, 0.2) is 0 Å². The van der Waals surface area contributed by atoms with Gasteiger partial charge < -0.3 is 10.6 Å². The van der Waals surface area contributed by atoms with Crippen LogP contribution in [0.25, 0.3) is 5.69 Å². The first kappa shape index (κ1) is 19.3. The highest BCUT2D eigenvalue weighted by molar-refractivity contribution is 5.95. The van der Waals surface area contributed by atoms with Crippen LogP contribution >= 0.6 is 0 Å². The molecule has 0 aliphatic carbocycles. The number of terminal acetylenes is 1. The molecule has 0 aliphatic rings. The van der Waals surface area contributed by atoms with Gasteiger partial charge in [0.05, 0.1) is 29.7 Å². The number of benzene rings is 1. The molecular weight excluding hydrogens is 328 g/mol. The Hall–Kier alpha value is -3.07. The van der Waals surface area contributed by atoms with Crippen LogP contribution in [0.3, 0.4) is 0 Å². The summed E-state index contributed by atoms with van der Waals surface area (Å²) in [6, 6.07) is 7.97. The third kappa shape index (κ3) is 4.73. The van der Waals surface area contributed by atoms with E-state index < -0.39 is 0 Å². The Morgan fingerprint density at radius 2 is 1.92 bits per heavy atom. The average molecular weight is 352 g/mol. The van der Waals surface area contributed by atoms with Crippen LogP contribution in [-0.2, 0) is 4.79 Å². The van der Waals surface area contributed by atoms with E-state index in [2.05, 4.69) is 21.7 Å². The second-order valence-corrected chi connectivity index (χ2v) is 6.33. The van der Waals surface area contributed by atoms with Gasteiger partial charge in [-0.3, -0.25) is 9.59 Å². The Labute approximate surface area is 154 Å². The van der Waals surface area contributed by atoms with E-state index >= 15 is 0 Å². The van der Waals surface area contributed by atoms with E-state index in [1.165, 1.54) is 0 Å². The molecule has 1 heterocycles. The highest BCUT2D eigenvalue weighted by Gasteiger charge is 2.20. The highest BCUT2D eigenvalue weighted by Crippen LogP contribution is 2.23. The molecular formula is C20H24N4O2. The summed E-state index contributed by atoms with van der Waals surface area (Å²) in [5.74, 6) is 2.01. The molecule has 2 rings (SSSR count). The predicted octanol–water partition coefficient (Wildman–Crippen LogP) is 2.17. The summed E-state index contributed by atoms with van der Waals surface area (Å²) in [6.07, 6.45) is 6.84. The zero-order valence-corrected chi connectivity index (χ0v) is 15.4. The normalized spacial score (nSPS) is 10.4. The van der Waals surface area contributed by atoms with Crippen molar-refractivity contribution in [1.29, 1.82) is 0 Å². The van der Waals surface area contributed by atoms with Crippen molar-refractivity contribution in [3.63, 3.8) is 0 Å². The maximum atomic E-state index is 12.5. The fourth-order valence-corrected chi connectivity index (χ4v) is 2.60. The van der Waals surface area contributed by atoms with Gasteiger partial charge in [-0.05, 0) is 25.0 Å². The Balaban J connectivity index is 2.11. The summed E-state index contributed by atoms with van der Waals surface area (Å²) < 4.78 is 1.79. The zero-order valence-electron chi connectivity index (χ0n) is 15.4. The quantitative estimate of drug-likeness (QED) is 0.750. The number of nitrogens with zero attached hydrogens (tertiary/aromatic N) is 2. The second kappa shape index (κ2) is 8.86. The maximum Gasteiger partial charge on any atom is 0.254 e. The molecule has 0 saturated carbocycles. The molecule has 6 nitrogen and oxygen atoms in total. The van der Waals surface area contributed by atoms with Crippen molar-refractivity contribution < 1.29 is 9.59 Å². The van der Waals surface area contributed by atoms with Crippen LogP contribution in [-0.4, -0.2) is 34.7 Å². The zero-order chi connectivity index (χ0) is 19.1. The fourth-order valence-electron chi connectivity index (χ4n) is 2.60. The lowest BCUT2D eigenvalue weighted by atomic mass is 10.0. The van der Waals surface area contributed by atoms with Crippen molar-refractivity contribution in [1.82, 2.24) is 20.4 Å². The smallest absolute Gasteiger partial charge is 0.254 e. The molecule has 0 aliphatic heterocycles. The lowest BCUT2D eigenvalue weighted by Crippen LogP contribution is -2.31. The Morgan fingerprint density at radius 1 is 1.23 bits per heavy atom. The summed E-state index contributed by atoms with van der Waals surface area (Å²) in [6.45, 7) is 6.49. The summed E-state index contributed by atoms with van der Waals surface area (Å²) in [5, 5.41) is 9.73. The molecule has 0 spiro atoms. The number of aryl methyl sites for hydroxylation is 1. The Morgan fingerprint density at radius 3 is 2.54 bits per heavy atom.